The molecule has 0 radical (unpaired) electrons. The van der Waals surface area contributed by atoms with E-state index >= 15 is 0 Å². The van der Waals surface area contributed by atoms with Gasteiger partial charge in [-0.2, -0.15) is 0 Å². The molecule has 0 amide bonds. The number of carbonyl (C=O) groups excluding carboxylic acids is 2. The number of benzene rings is 1. The van der Waals surface area contributed by atoms with Gasteiger partial charge >= 0.3 is 11.9 Å². The van der Waals surface area contributed by atoms with Gasteiger partial charge in [0.2, 0.25) is 5.16 Å². The summed E-state index contributed by atoms with van der Waals surface area (Å²) in [5.41, 5.74) is -0.313. The molecule has 5 aliphatic rings. The Hall–Kier alpha value is -2.02. The van der Waals surface area contributed by atoms with Crippen LogP contribution in [0.25, 0.3) is 0 Å². The number of esters is 2. The molecule has 2 saturated carbocycles. The summed E-state index contributed by atoms with van der Waals surface area (Å²) in [6.45, 7) is 17.3. The number of nitrogens with zero attached hydrogens (tertiary/aromatic N) is 3. The van der Waals surface area contributed by atoms with E-state index in [4.69, 9.17) is 19.0 Å². The van der Waals surface area contributed by atoms with E-state index in [0.29, 0.717) is 0 Å². The third-order valence-electron chi connectivity index (χ3n) is 10.6. The summed E-state index contributed by atoms with van der Waals surface area (Å²) in [6, 6.07) is 8.46. The number of carbonyl (C=O) groups is 2. The number of hydrogen-bond donors (Lipinski definition) is 0. The van der Waals surface area contributed by atoms with E-state index in [2.05, 4.69) is 69.9 Å². The highest BCUT2D eigenvalue weighted by Crippen LogP contribution is 3.02. The van der Waals surface area contributed by atoms with E-state index in [1.165, 1.54) is 20.6 Å². The summed E-state index contributed by atoms with van der Waals surface area (Å²) in [7, 11) is 1.53. The molecule has 0 aromatic heterocycles. The number of ether oxygens (including phenoxy) is 3. The van der Waals surface area contributed by atoms with E-state index in [1.54, 1.807) is 7.11 Å². The van der Waals surface area contributed by atoms with Crippen LogP contribution in [0.3, 0.4) is 0 Å². The predicted octanol–water partition coefficient (Wildman–Crippen LogP) is 6.64. The van der Waals surface area contributed by atoms with Gasteiger partial charge in [-0.15, -0.1) is 9.34 Å². The molecule has 8 nitrogen and oxygen atoms in total. The Morgan fingerprint density at radius 3 is 1.95 bits per heavy atom. The molecule has 42 heavy (non-hydrogen) atoms. The maximum Gasteiger partial charge on any atom is 0.356 e. The standard InChI is InChI=1S/C33H51N3O5P/c1-21(2)35(22(3)4)42-31(8,28(37)40-10)32(29(38)41-11)26(27(34-42)30(5,6)7)33(32,23-17-19-25(39-9)20-18-23)36(42)24-15-13-12-14-16-24/h17-22,24,26H,12-16H2,1-11H3/q+1/t26-,31?,32+,33?,42?/m1/s1. The maximum atomic E-state index is 14.8. The monoisotopic (exact) mass is 600 g/mol. The lowest BCUT2D eigenvalue weighted by molar-refractivity contribution is -0.158. The molecular formula is C33H51N3O5P+. The topological polar surface area (TPSA) is 80.7 Å². The van der Waals surface area contributed by atoms with Gasteiger partial charge in [-0.05, 0) is 65.2 Å². The van der Waals surface area contributed by atoms with Crippen LogP contribution in [-0.2, 0) is 24.6 Å². The predicted molar refractivity (Wildman–Crippen MR) is 168 cm³/mol. The normalized spacial score (nSPS) is 34.5. The summed E-state index contributed by atoms with van der Waals surface area (Å²) in [5, 5.41) is -1.26. The highest BCUT2D eigenvalue weighted by molar-refractivity contribution is 7.73. The fourth-order valence-electron chi connectivity index (χ4n) is 9.40. The third kappa shape index (κ3) is 3.49. The molecule has 1 aromatic carbocycles. The zero-order valence-corrected chi connectivity index (χ0v) is 28.4. The Morgan fingerprint density at radius 2 is 1.50 bits per heavy atom. The average molecular weight is 601 g/mol. The van der Waals surface area contributed by atoms with Gasteiger partial charge in [0.25, 0.3) is 7.71 Å². The second-order valence-electron chi connectivity index (χ2n) is 14.3. The minimum atomic E-state index is -3.05. The van der Waals surface area contributed by atoms with E-state index in [0.717, 1.165) is 42.7 Å². The van der Waals surface area contributed by atoms with Crippen molar-refractivity contribution in [1.82, 2.24) is 9.34 Å². The molecule has 1 aromatic rings. The fourth-order valence-corrected chi connectivity index (χ4v) is 15.6. The summed E-state index contributed by atoms with van der Waals surface area (Å²) in [4.78, 5) is 29.4. The molecule has 0 spiro atoms. The Labute approximate surface area is 253 Å². The fraction of sp³-hybridized carbons (Fsp3) is 0.727. The molecule has 6 rings (SSSR count). The van der Waals surface area contributed by atoms with Crippen LogP contribution in [0.5, 0.6) is 5.75 Å². The highest BCUT2D eigenvalue weighted by Gasteiger charge is 3.10. The van der Waals surface area contributed by atoms with Gasteiger partial charge in [-0.1, -0.05) is 56.9 Å². The first-order valence-electron chi connectivity index (χ1n) is 15.6. The lowest BCUT2D eigenvalue weighted by Crippen LogP contribution is -2.61. The van der Waals surface area contributed by atoms with E-state index in [-0.39, 0.29) is 41.4 Å². The van der Waals surface area contributed by atoms with Crippen LogP contribution in [0.1, 0.15) is 93.1 Å². The number of rotatable bonds is 8. The Morgan fingerprint density at radius 1 is 0.952 bits per heavy atom. The summed E-state index contributed by atoms with van der Waals surface area (Å²) >= 11 is 0. The molecule has 9 heteroatoms. The van der Waals surface area contributed by atoms with Gasteiger partial charge in [0.1, 0.15) is 11.3 Å². The summed E-state index contributed by atoms with van der Waals surface area (Å²) in [6.07, 6.45) is 5.43. The SMILES string of the molecule is COC(=O)C1(C)[C@@]2(C(=O)OC)[C@H]3C(C(C)(C)C)=N[P+]1(N(C(C)C)C(C)C)N(C1CCCCC1)C32c1ccc(OC)cc1. The van der Waals surface area contributed by atoms with Crippen LogP contribution in [-0.4, -0.2) is 71.6 Å². The Bertz CT molecular complexity index is 1260. The molecule has 4 bridgehead atoms. The van der Waals surface area contributed by atoms with Crippen molar-refractivity contribution in [2.75, 3.05) is 21.3 Å². The second-order valence-corrected chi connectivity index (χ2v) is 17.4. The van der Waals surface area contributed by atoms with Crippen molar-refractivity contribution < 1.29 is 23.8 Å². The van der Waals surface area contributed by atoms with Crippen molar-refractivity contribution in [2.24, 2.45) is 21.5 Å². The quantitative estimate of drug-likeness (QED) is 0.244. The molecule has 232 valence electrons. The van der Waals surface area contributed by atoms with Gasteiger partial charge < -0.3 is 14.2 Å². The van der Waals surface area contributed by atoms with E-state index in [1.807, 2.05) is 19.1 Å². The molecule has 1 saturated heterocycles. The lowest BCUT2D eigenvalue weighted by Gasteiger charge is -2.54. The molecular weight excluding hydrogens is 549 g/mol. The highest BCUT2D eigenvalue weighted by atomic mass is 31.2. The first kappa shape index (κ1) is 31.4. The van der Waals surface area contributed by atoms with Crippen molar-refractivity contribution in [3.8, 4) is 5.75 Å². The van der Waals surface area contributed by atoms with Gasteiger partial charge in [-0.3, -0.25) is 4.79 Å². The molecule has 3 aliphatic heterocycles. The van der Waals surface area contributed by atoms with Crippen molar-refractivity contribution in [2.45, 2.75) is 116 Å². The van der Waals surface area contributed by atoms with Crippen LogP contribution in [0, 0.1) is 16.7 Å². The first-order chi connectivity index (χ1) is 19.7. The third-order valence-corrected chi connectivity index (χ3v) is 15.6. The average Bonchev–Trinajstić information content (AvgIpc) is 3.56. The first-order valence-corrected chi connectivity index (χ1v) is 17.3. The van der Waals surface area contributed by atoms with Crippen LogP contribution < -0.4 is 4.74 Å². The van der Waals surface area contributed by atoms with E-state index in [9.17, 15) is 9.59 Å². The minimum absolute atomic E-state index is 0.0648. The number of methoxy groups -OCH3 is 3. The molecule has 5 atom stereocenters. The van der Waals surface area contributed by atoms with Crippen LogP contribution in [0.2, 0.25) is 0 Å². The van der Waals surface area contributed by atoms with Gasteiger partial charge in [0, 0.05) is 23.5 Å². The molecule has 0 N–H and O–H groups in total. The maximum absolute atomic E-state index is 14.8. The smallest absolute Gasteiger partial charge is 0.356 e. The van der Waals surface area contributed by atoms with Crippen LogP contribution >= 0.6 is 7.71 Å². The van der Waals surface area contributed by atoms with Crippen molar-refractivity contribution in [3.63, 3.8) is 0 Å². The van der Waals surface area contributed by atoms with Crippen molar-refractivity contribution >= 4 is 25.4 Å². The van der Waals surface area contributed by atoms with E-state index < -0.39 is 23.8 Å². The second kappa shape index (κ2) is 10.3. The Balaban J connectivity index is 2.03. The lowest BCUT2D eigenvalue weighted by atomic mass is 9.79. The van der Waals surface area contributed by atoms with Gasteiger partial charge in [0.15, 0.2) is 5.41 Å². The molecule has 2 aliphatic carbocycles. The zero-order chi connectivity index (χ0) is 31.0. The van der Waals surface area contributed by atoms with Crippen molar-refractivity contribution in [3.05, 3.63) is 29.8 Å². The molecule has 3 fully saturated rings. The van der Waals surface area contributed by atoms with Crippen LogP contribution in [0.15, 0.2) is 29.0 Å². The van der Waals surface area contributed by atoms with Crippen LogP contribution in [0.4, 0.5) is 0 Å². The number of hydrogen-bond acceptors (Lipinski definition) is 8. The summed E-state index contributed by atoms with van der Waals surface area (Å²) < 4.78 is 28.2. The largest absolute Gasteiger partial charge is 0.497 e. The van der Waals surface area contributed by atoms with Crippen molar-refractivity contribution in [1.29, 1.82) is 0 Å². The van der Waals surface area contributed by atoms with Gasteiger partial charge in [0.05, 0.1) is 33.0 Å². The Kier molecular flexibility index (Phi) is 7.68. The summed E-state index contributed by atoms with van der Waals surface area (Å²) in [5.74, 6) is -0.298. The zero-order valence-electron chi connectivity index (χ0n) is 27.5. The molecule has 3 heterocycles. The van der Waals surface area contributed by atoms with Gasteiger partial charge in [-0.25, -0.2) is 4.79 Å². The minimum Gasteiger partial charge on any atom is -0.497 e. The molecule has 3 unspecified atom stereocenters.